The molecule has 7 nitrogen and oxygen atoms in total. The molecular formula is C12H32N4O3Si. The first-order valence-corrected chi connectivity index (χ1v) is 9.10. The largest absolute Gasteiger partial charge is 0.500 e. The first-order chi connectivity index (χ1) is 9.67. The van der Waals surface area contributed by atoms with Gasteiger partial charge in [-0.25, -0.2) is 0 Å². The number of nitrogens with one attached hydrogen (secondary N) is 2. The Bertz CT molecular complexity index is 213. The van der Waals surface area contributed by atoms with Gasteiger partial charge in [0.15, 0.2) is 0 Å². The van der Waals surface area contributed by atoms with Crippen LogP contribution in [0.4, 0.5) is 0 Å². The lowest BCUT2D eigenvalue weighted by molar-refractivity contribution is 0.122. The Balaban J connectivity index is 4.09. The van der Waals surface area contributed by atoms with Crippen molar-refractivity contribution in [3.63, 3.8) is 0 Å². The molecule has 0 aromatic rings. The summed E-state index contributed by atoms with van der Waals surface area (Å²) in [5, 5.41) is 6.76. The van der Waals surface area contributed by atoms with Crippen LogP contribution >= 0.6 is 0 Å². The van der Waals surface area contributed by atoms with Gasteiger partial charge in [0.05, 0.1) is 0 Å². The SMILES string of the molecule is CO[Si](CCCC(CNCCN)NCCN)(OC)OC. The average Bonchev–Trinajstić information content (AvgIpc) is 2.49. The second kappa shape index (κ2) is 12.7. The van der Waals surface area contributed by atoms with E-state index in [2.05, 4.69) is 10.6 Å². The Morgan fingerprint density at radius 1 is 1.00 bits per heavy atom. The van der Waals surface area contributed by atoms with Crippen molar-refractivity contribution in [3.8, 4) is 0 Å². The van der Waals surface area contributed by atoms with Gasteiger partial charge in [0.1, 0.15) is 0 Å². The predicted molar refractivity (Wildman–Crippen MR) is 83.6 cm³/mol. The molecule has 0 saturated heterocycles. The van der Waals surface area contributed by atoms with Gasteiger partial charge >= 0.3 is 8.80 Å². The topological polar surface area (TPSA) is 104 Å². The summed E-state index contributed by atoms with van der Waals surface area (Å²) in [5.74, 6) is 0. The fourth-order valence-electron chi connectivity index (χ4n) is 2.06. The molecule has 0 aliphatic carbocycles. The minimum atomic E-state index is -2.45. The summed E-state index contributed by atoms with van der Waals surface area (Å²) < 4.78 is 16.3. The Hall–Kier alpha value is -0.0631. The van der Waals surface area contributed by atoms with Crippen molar-refractivity contribution >= 4 is 8.80 Å². The molecule has 1 atom stereocenters. The standard InChI is InChI=1S/C12H32N4O3Si/c1-17-20(18-2,19-3)10-4-5-12(16-9-7-14)11-15-8-6-13/h12,15-16H,4-11,13-14H2,1-3H3. The normalized spacial score (nSPS) is 13.7. The average molecular weight is 308 g/mol. The Morgan fingerprint density at radius 2 is 1.60 bits per heavy atom. The van der Waals surface area contributed by atoms with Gasteiger partial charge in [-0.05, 0) is 12.8 Å². The predicted octanol–water partition coefficient (Wildman–Crippen LogP) is -0.890. The van der Waals surface area contributed by atoms with Gasteiger partial charge in [-0.15, -0.1) is 0 Å². The number of hydrogen-bond donors (Lipinski definition) is 4. The minimum Gasteiger partial charge on any atom is -0.377 e. The van der Waals surface area contributed by atoms with Crippen molar-refractivity contribution in [3.05, 3.63) is 0 Å². The lowest BCUT2D eigenvalue weighted by Gasteiger charge is -2.25. The van der Waals surface area contributed by atoms with Gasteiger partial charge in [-0.3, -0.25) is 0 Å². The van der Waals surface area contributed by atoms with Crippen LogP contribution in [-0.2, 0) is 13.3 Å². The smallest absolute Gasteiger partial charge is 0.377 e. The molecule has 0 heterocycles. The third-order valence-electron chi connectivity index (χ3n) is 3.26. The zero-order chi connectivity index (χ0) is 15.3. The summed E-state index contributed by atoms with van der Waals surface area (Å²) in [6.45, 7) is 3.82. The number of hydrogen-bond acceptors (Lipinski definition) is 7. The number of nitrogens with two attached hydrogens (primary N) is 2. The van der Waals surface area contributed by atoms with Crippen LogP contribution in [0.3, 0.4) is 0 Å². The molecule has 0 spiro atoms. The molecule has 1 unspecified atom stereocenters. The molecule has 20 heavy (non-hydrogen) atoms. The highest BCUT2D eigenvalue weighted by molar-refractivity contribution is 6.60. The maximum Gasteiger partial charge on any atom is 0.500 e. The second-order valence-corrected chi connectivity index (χ2v) is 7.71. The fraction of sp³-hybridized carbons (Fsp3) is 1.00. The first kappa shape index (κ1) is 19.9. The fourth-order valence-corrected chi connectivity index (χ4v) is 3.81. The van der Waals surface area contributed by atoms with Crippen LogP contribution in [0, 0.1) is 0 Å². The van der Waals surface area contributed by atoms with E-state index >= 15 is 0 Å². The van der Waals surface area contributed by atoms with E-state index in [4.69, 9.17) is 24.7 Å². The molecule has 0 rings (SSSR count). The molecule has 122 valence electrons. The minimum absolute atomic E-state index is 0.377. The van der Waals surface area contributed by atoms with Crippen LogP contribution < -0.4 is 22.1 Å². The molecule has 0 aliphatic heterocycles. The van der Waals surface area contributed by atoms with Crippen molar-refractivity contribution in [2.45, 2.75) is 24.9 Å². The van der Waals surface area contributed by atoms with E-state index in [1.165, 1.54) is 0 Å². The maximum atomic E-state index is 5.54. The molecule has 0 aromatic heterocycles. The van der Waals surface area contributed by atoms with E-state index in [9.17, 15) is 0 Å². The maximum absolute atomic E-state index is 5.54. The summed E-state index contributed by atoms with van der Waals surface area (Å²) in [7, 11) is 2.49. The molecule has 0 saturated carbocycles. The summed E-state index contributed by atoms with van der Waals surface area (Å²) in [5.41, 5.74) is 11.0. The highest BCUT2D eigenvalue weighted by Gasteiger charge is 2.37. The third kappa shape index (κ3) is 8.27. The van der Waals surface area contributed by atoms with Gasteiger partial charge in [0.2, 0.25) is 0 Å². The van der Waals surface area contributed by atoms with E-state index in [0.29, 0.717) is 19.1 Å². The molecular weight excluding hydrogens is 276 g/mol. The van der Waals surface area contributed by atoms with Crippen molar-refractivity contribution in [1.29, 1.82) is 0 Å². The van der Waals surface area contributed by atoms with E-state index in [1.807, 2.05) is 0 Å². The molecule has 8 heteroatoms. The molecule has 0 aromatic carbocycles. The van der Waals surface area contributed by atoms with Crippen LogP contribution in [0.15, 0.2) is 0 Å². The van der Waals surface area contributed by atoms with E-state index < -0.39 is 8.80 Å². The van der Waals surface area contributed by atoms with Crippen molar-refractivity contribution < 1.29 is 13.3 Å². The molecule has 0 bridgehead atoms. The molecule has 0 amide bonds. The van der Waals surface area contributed by atoms with Gasteiger partial charge in [0.25, 0.3) is 0 Å². The Morgan fingerprint density at radius 3 is 2.10 bits per heavy atom. The van der Waals surface area contributed by atoms with Gasteiger partial charge in [0, 0.05) is 66.1 Å². The van der Waals surface area contributed by atoms with Crippen molar-refractivity contribution in [1.82, 2.24) is 10.6 Å². The van der Waals surface area contributed by atoms with Crippen LogP contribution in [-0.4, -0.2) is 68.9 Å². The van der Waals surface area contributed by atoms with Gasteiger partial charge < -0.3 is 35.4 Å². The summed E-state index contributed by atoms with van der Waals surface area (Å²) in [4.78, 5) is 0. The number of rotatable bonds is 14. The molecule has 0 fully saturated rings. The molecule has 0 radical (unpaired) electrons. The summed E-state index contributed by atoms with van der Waals surface area (Å²) >= 11 is 0. The molecule has 6 N–H and O–H groups in total. The Labute approximate surface area is 124 Å². The van der Waals surface area contributed by atoms with E-state index in [0.717, 1.165) is 38.5 Å². The van der Waals surface area contributed by atoms with Crippen LogP contribution in [0.5, 0.6) is 0 Å². The zero-order valence-corrected chi connectivity index (χ0v) is 14.1. The lowest BCUT2D eigenvalue weighted by Crippen LogP contribution is -2.44. The van der Waals surface area contributed by atoms with Crippen LogP contribution in [0.25, 0.3) is 0 Å². The van der Waals surface area contributed by atoms with Gasteiger partial charge in [-0.2, -0.15) is 0 Å². The second-order valence-electron chi connectivity index (χ2n) is 4.62. The summed E-state index contributed by atoms with van der Waals surface area (Å²) in [6.07, 6.45) is 2.00. The van der Waals surface area contributed by atoms with E-state index in [1.54, 1.807) is 21.3 Å². The third-order valence-corrected chi connectivity index (χ3v) is 6.09. The summed E-state index contributed by atoms with van der Waals surface area (Å²) in [6, 6.07) is 1.19. The monoisotopic (exact) mass is 308 g/mol. The highest BCUT2D eigenvalue weighted by Crippen LogP contribution is 2.17. The lowest BCUT2D eigenvalue weighted by atomic mass is 10.1. The van der Waals surface area contributed by atoms with Crippen LogP contribution in [0.1, 0.15) is 12.8 Å². The highest BCUT2D eigenvalue weighted by atomic mass is 28.4. The van der Waals surface area contributed by atoms with Crippen molar-refractivity contribution in [2.75, 3.05) is 54.1 Å². The Kier molecular flexibility index (Phi) is 12.6. The van der Waals surface area contributed by atoms with Crippen LogP contribution in [0.2, 0.25) is 6.04 Å². The van der Waals surface area contributed by atoms with Gasteiger partial charge in [-0.1, -0.05) is 0 Å². The van der Waals surface area contributed by atoms with Crippen molar-refractivity contribution in [2.24, 2.45) is 11.5 Å². The van der Waals surface area contributed by atoms with E-state index in [-0.39, 0.29) is 0 Å². The zero-order valence-electron chi connectivity index (χ0n) is 13.1. The molecule has 0 aliphatic rings. The first-order valence-electron chi connectivity index (χ1n) is 7.17. The quantitative estimate of drug-likeness (QED) is 0.244.